The number of ketones is 1. The molecule has 0 saturated carbocycles. The Labute approximate surface area is 180 Å². The van der Waals surface area contributed by atoms with Gasteiger partial charge in [0.1, 0.15) is 11.4 Å². The molecule has 0 amide bonds. The van der Waals surface area contributed by atoms with Crippen molar-refractivity contribution in [2.24, 2.45) is 7.05 Å². The van der Waals surface area contributed by atoms with E-state index in [0.29, 0.717) is 29.2 Å². The summed E-state index contributed by atoms with van der Waals surface area (Å²) in [4.78, 5) is 26.3. The Hall–Kier alpha value is -3.58. The molecule has 1 aliphatic rings. The van der Waals surface area contributed by atoms with E-state index in [4.69, 9.17) is 9.47 Å². The minimum absolute atomic E-state index is 0.187. The van der Waals surface area contributed by atoms with Crippen molar-refractivity contribution in [1.82, 2.24) is 9.36 Å². The SMILES string of the molecule is CCOC1Oc2ccc(C)cc2C(=O)/C1=C\Nc1c(C)n(C)n(-c2ccccc2)c1=O. The molecule has 31 heavy (non-hydrogen) atoms. The van der Waals surface area contributed by atoms with Gasteiger partial charge in [-0.2, -0.15) is 0 Å². The van der Waals surface area contributed by atoms with Gasteiger partial charge in [0, 0.05) is 19.9 Å². The van der Waals surface area contributed by atoms with Crippen LogP contribution >= 0.6 is 0 Å². The number of fused-ring (bicyclic) bond motifs is 1. The van der Waals surface area contributed by atoms with Crippen LogP contribution in [0.1, 0.15) is 28.5 Å². The van der Waals surface area contributed by atoms with Crippen LogP contribution in [0.3, 0.4) is 0 Å². The summed E-state index contributed by atoms with van der Waals surface area (Å²) in [6.07, 6.45) is 0.674. The van der Waals surface area contributed by atoms with Crippen molar-refractivity contribution in [3.05, 3.63) is 87.5 Å². The van der Waals surface area contributed by atoms with Gasteiger partial charge in [-0.05, 0) is 45.0 Å². The van der Waals surface area contributed by atoms with Gasteiger partial charge in [-0.1, -0.05) is 29.8 Å². The fourth-order valence-electron chi connectivity index (χ4n) is 3.66. The van der Waals surface area contributed by atoms with E-state index in [1.807, 2.05) is 64.2 Å². The van der Waals surface area contributed by atoms with Gasteiger partial charge < -0.3 is 14.8 Å². The van der Waals surface area contributed by atoms with Crippen LogP contribution in [0.4, 0.5) is 5.69 Å². The maximum atomic E-state index is 13.2. The lowest BCUT2D eigenvalue weighted by Crippen LogP contribution is -2.33. The highest BCUT2D eigenvalue weighted by Crippen LogP contribution is 2.32. The van der Waals surface area contributed by atoms with E-state index in [-0.39, 0.29) is 11.3 Å². The molecule has 1 atom stereocenters. The molecule has 1 aromatic heterocycles. The zero-order chi connectivity index (χ0) is 22.1. The number of hydrogen-bond donors (Lipinski definition) is 1. The number of anilines is 1. The largest absolute Gasteiger partial charge is 0.460 e. The van der Waals surface area contributed by atoms with E-state index in [1.165, 1.54) is 6.20 Å². The Morgan fingerprint density at radius 2 is 1.87 bits per heavy atom. The van der Waals surface area contributed by atoms with Crippen molar-refractivity contribution in [3.63, 3.8) is 0 Å². The zero-order valence-corrected chi connectivity index (χ0v) is 18.0. The van der Waals surface area contributed by atoms with Crippen molar-refractivity contribution < 1.29 is 14.3 Å². The van der Waals surface area contributed by atoms with Crippen LogP contribution in [0, 0.1) is 13.8 Å². The minimum atomic E-state index is -0.847. The maximum Gasteiger partial charge on any atom is 0.295 e. The van der Waals surface area contributed by atoms with Crippen LogP contribution < -0.4 is 15.6 Å². The second-order valence-corrected chi connectivity index (χ2v) is 7.41. The second-order valence-electron chi connectivity index (χ2n) is 7.41. The van der Waals surface area contributed by atoms with Gasteiger partial charge in [0.25, 0.3) is 5.56 Å². The third-order valence-corrected chi connectivity index (χ3v) is 5.37. The summed E-state index contributed by atoms with van der Waals surface area (Å²) < 4.78 is 14.9. The molecule has 1 unspecified atom stereocenters. The molecule has 2 heterocycles. The van der Waals surface area contributed by atoms with E-state index in [1.54, 1.807) is 21.5 Å². The summed E-state index contributed by atoms with van der Waals surface area (Å²) in [5, 5.41) is 3.05. The van der Waals surface area contributed by atoms with E-state index < -0.39 is 6.29 Å². The highest BCUT2D eigenvalue weighted by atomic mass is 16.7. The Balaban J connectivity index is 1.73. The Morgan fingerprint density at radius 3 is 2.58 bits per heavy atom. The van der Waals surface area contributed by atoms with Crippen LogP contribution in [-0.2, 0) is 11.8 Å². The first kappa shape index (κ1) is 20.7. The maximum absolute atomic E-state index is 13.2. The third kappa shape index (κ3) is 3.68. The molecule has 0 aliphatic carbocycles. The van der Waals surface area contributed by atoms with Gasteiger partial charge >= 0.3 is 0 Å². The van der Waals surface area contributed by atoms with Gasteiger partial charge in [-0.3, -0.25) is 14.3 Å². The number of aryl methyl sites for hydroxylation is 1. The second kappa shape index (κ2) is 8.28. The molecule has 1 N–H and O–H groups in total. The van der Waals surface area contributed by atoms with Gasteiger partial charge in [0.05, 0.1) is 22.5 Å². The van der Waals surface area contributed by atoms with E-state index in [9.17, 15) is 9.59 Å². The van der Waals surface area contributed by atoms with Crippen LogP contribution in [0.5, 0.6) is 5.75 Å². The van der Waals surface area contributed by atoms with Crippen LogP contribution in [0.25, 0.3) is 5.69 Å². The summed E-state index contributed by atoms with van der Waals surface area (Å²) in [6, 6.07) is 14.9. The topological polar surface area (TPSA) is 74.5 Å². The zero-order valence-electron chi connectivity index (χ0n) is 18.0. The number of rotatable bonds is 5. The molecule has 7 heteroatoms. The Morgan fingerprint density at radius 1 is 1.13 bits per heavy atom. The van der Waals surface area contributed by atoms with Gasteiger partial charge in [0.2, 0.25) is 6.29 Å². The molecule has 2 aromatic carbocycles. The number of carbonyl (C=O) groups is 1. The number of nitrogens with one attached hydrogen (secondary N) is 1. The molecule has 0 fully saturated rings. The number of aromatic nitrogens is 2. The molecule has 7 nitrogen and oxygen atoms in total. The lowest BCUT2D eigenvalue weighted by atomic mass is 9.98. The van der Waals surface area contributed by atoms with E-state index in [2.05, 4.69) is 5.32 Å². The van der Waals surface area contributed by atoms with E-state index in [0.717, 1.165) is 16.9 Å². The van der Waals surface area contributed by atoms with Gasteiger partial charge in [-0.25, -0.2) is 4.68 Å². The number of Topliss-reactive ketones (excluding diaryl/α,β-unsaturated/α-hetero) is 1. The highest BCUT2D eigenvalue weighted by molar-refractivity contribution is 6.12. The average Bonchev–Trinajstić information content (AvgIpc) is 2.97. The predicted octanol–water partition coefficient (Wildman–Crippen LogP) is 3.73. The number of carbonyl (C=O) groups excluding carboxylic acids is 1. The molecule has 1 aliphatic heterocycles. The van der Waals surface area contributed by atoms with Crippen LogP contribution in [0.2, 0.25) is 0 Å². The quantitative estimate of drug-likeness (QED) is 0.638. The average molecular weight is 419 g/mol. The Kier molecular flexibility index (Phi) is 5.52. The van der Waals surface area contributed by atoms with Gasteiger partial charge in [0.15, 0.2) is 5.78 Å². The van der Waals surface area contributed by atoms with Crippen molar-refractivity contribution >= 4 is 11.5 Å². The summed E-state index contributed by atoms with van der Waals surface area (Å²) >= 11 is 0. The molecular formula is C24H25N3O4. The predicted molar refractivity (Wildman–Crippen MR) is 119 cm³/mol. The lowest BCUT2D eigenvalue weighted by Gasteiger charge is -2.27. The smallest absolute Gasteiger partial charge is 0.295 e. The summed E-state index contributed by atoms with van der Waals surface area (Å²) in [6.45, 7) is 5.98. The monoisotopic (exact) mass is 419 g/mol. The summed E-state index contributed by atoms with van der Waals surface area (Å²) in [7, 11) is 1.82. The Bertz CT molecular complexity index is 1220. The fourth-order valence-corrected chi connectivity index (χ4v) is 3.66. The van der Waals surface area contributed by atoms with Crippen molar-refractivity contribution in [2.75, 3.05) is 11.9 Å². The van der Waals surface area contributed by atoms with Crippen molar-refractivity contribution in [2.45, 2.75) is 27.1 Å². The van der Waals surface area contributed by atoms with E-state index >= 15 is 0 Å². The normalized spacial score (nSPS) is 16.8. The molecule has 0 saturated heterocycles. The minimum Gasteiger partial charge on any atom is -0.460 e. The number of para-hydroxylation sites is 1. The summed E-state index contributed by atoms with van der Waals surface area (Å²) in [5.74, 6) is 0.307. The highest BCUT2D eigenvalue weighted by Gasteiger charge is 2.32. The number of nitrogens with zero attached hydrogens (tertiary/aromatic N) is 2. The molecule has 3 aromatic rings. The molecule has 160 valence electrons. The molecule has 0 spiro atoms. The van der Waals surface area contributed by atoms with Crippen LogP contribution in [0.15, 0.2) is 65.1 Å². The first-order valence-corrected chi connectivity index (χ1v) is 10.2. The third-order valence-electron chi connectivity index (χ3n) is 5.37. The van der Waals surface area contributed by atoms with Crippen LogP contribution in [-0.4, -0.2) is 28.0 Å². The first-order valence-electron chi connectivity index (χ1n) is 10.2. The van der Waals surface area contributed by atoms with Gasteiger partial charge in [-0.15, -0.1) is 0 Å². The van der Waals surface area contributed by atoms with Crippen molar-refractivity contribution in [3.8, 4) is 11.4 Å². The number of ether oxygens (including phenoxy) is 2. The molecule has 4 rings (SSSR count). The summed E-state index contributed by atoms with van der Waals surface area (Å²) in [5.41, 5.74) is 3.42. The van der Waals surface area contributed by atoms with Crippen molar-refractivity contribution in [1.29, 1.82) is 0 Å². The standard InChI is InChI=1S/C24H25N3O4/c1-5-30-24-19(22(28)18-13-15(2)11-12-20(18)31-24)14-25-21-16(3)26(4)27(23(21)29)17-9-7-6-8-10-17/h6-14,24-25H,5H2,1-4H3/b19-14+. The molecule has 0 radical (unpaired) electrons. The number of hydrogen-bond acceptors (Lipinski definition) is 5. The fraction of sp³-hybridized carbons (Fsp3) is 0.250. The lowest BCUT2D eigenvalue weighted by molar-refractivity contribution is -0.0509. The molecule has 0 bridgehead atoms. The number of benzene rings is 2. The molecular weight excluding hydrogens is 394 g/mol. The first-order chi connectivity index (χ1) is 14.9.